The van der Waals surface area contributed by atoms with Gasteiger partial charge in [0, 0.05) is 32.2 Å². The molecule has 1 aromatic rings. The Hall–Kier alpha value is -1.42. The van der Waals surface area contributed by atoms with Gasteiger partial charge in [0.2, 0.25) is 0 Å². The number of esters is 1. The predicted octanol–water partition coefficient (Wildman–Crippen LogP) is 1.90. The van der Waals surface area contributed by atoms with Gasteiger partial charge in [-0.1, -0.05) is 6.07 Å². The fourth-order valence-corrected chi connectivity index (χ4v) is 2.87. The second-order valence-electron chi connectivity index (χ2n) is 5.77. The van der Waals surface area contributed by atoms with Crippen molar-refractivity contribution >= 4 is 35.9 Å². The predicted molar refractivity (Wildman–Crippen MR) is 104 cm³/mol. The van der Waals surface area contributed by atoms with E-state index in [0.717, 1.165) is 37.5 Å². The van der Waals surface area contributed by atoms with Gasteiger partial charge in [-0.25, -0.2) is 4.39 Å². The lowest BCUT2D eigenvalue weighted by Gasteiger charge is -2.33. The van der Waals surface area contributed by atoms with Gasteiger partial charge in [-0.15, -0.1) is 24.0 Å². The summed E-state index contributed by atoms with van der Waals surface area (Å²) in [5.74, 6) is 0.137. The maximum atomic E-state index is 13.4. The van der Waals surface area contributed by atoms with Crippen molar-refractivity contribution in [3.8, 4) is 0 Å². The van der Waals surface area contributed by atoms with E-state index in [9.17, 15) is 9.18 Å². The van der Waals surface area contributed by atoms with E-state index < -0.39 is 5.82 Å². The summed E-state index contributed by atoms with van der Waals surface area (Å²) in [4.78, 5) is 17.9. The summed E-state index contributed by atoms with van der Waals surface area (Å²) < 4.78 is 18.2. The molecule has 1 heterocycles. The Balaban J connectivity index is 0.00000312. The van der Waals surface area contributed by atoms with E-state index >= 15 is 0 Å². The number of ether oxygens (including phenoxy) is 1. The number of nitrogens with one attached hydrogen (secondary N) is 1. The average molecular weight is 465 g/mol. The summed E-state index contributed by atoms with van der Waals surface area (Å²) in [5.41, 5.74) is 1.15. The number of methoxy groups -OCH3 is 1. The number of benzene rings is 1. The first-order valence-corrected chi connectivity index (χ1v) is 8.00. The fourth-order valence-electron chi connectivity index (χ4n) is 2.87. The van der Waals surface area contributed by atoms with E-state index in [2.05, 4.69) is 15.2 Å². The molecule has 0 bridgehead atoms. The fraction of sp³-hybridized carbons (Fsp3) is 0.529. The molecular formula is C17H25FIN3O3. The highest BCUT2D eigenvalue weighted by molar-refractivity contribution is 14.0. The van der Waals surface area contributed by atoms with Crippen LogP contribution < -0.4 is 5.32 Å². The van der Waals surface area contributed by atoms with Gasteiger partial charge in [-0.05, 0) is 30.5 Å². The lowest BCUT2D eigenvalue weighted by molar-refractivity contribution is -0.146. The number of guanidine groups is 1. The van der Waals surface area contributed by atoms with Crippen molar-refractivity contribution in [2.45, 2.75) is 26.0 Å². The highest BCUT2D eigenvalue weighted by Gasteiger charge is 2.26. The molecule has 0 amide bonds. The van der Waals surface area contributed by atoms with Crippen molar-refractivity contribution in [1.82, 2.24) is 10.2 Å². The molecule has 0 aromatic heterocycles. The third-order valence-electron chi connectivity index (χ3n) is 4.27. The number of piperidine rings is 1. The molecule has 2 rings (SSSR count). The second kappa shape index (κ2) is 10.5. The topological polar surface area (TPSA) is 74.2 Å². The number of hydrogen-bond donors (Lipinski definition) is 2. The van der Waals surface area contributed by atoms with Gasteiger partial charge in [-0.3, -0.25) is 9.79 Å². The Morgan fingerprint density at radius 2 is 2.12 bits per heavy atom. The van der Waals surface area contributed by atoms with E-state index in [0.29, 0.717) is 6.54 Å². The second-order valence-corrected chi connectivity index (χ2v) is 5.77. The Morgan fingerprint density at radius 1 is 1.44 bits per heavy atom. The van der Waals surface area contributed by atoms with Gasteiger partial charge in [0.15, 0.2) is 5.96 Å². The first-order chi connectivity index (χ1) is 11.6. The molecule has 0 aliphatic carbocycles. The van der Waals surface area contributed by atoms with Crippen molar-refractivity contribution in [2.24, 2.45) is 10.9 Å². The largest absolute Gasteiger partial charge is 0.469 e. The monoisotopic (exact) mass is 465 g/mol. The van der Waals surface area contributed by atoms with Crippen LogP contribution in [0.1, 0.15) is 24.0 Å². The smallest absolute Gasteiger partial charge is 0.308 e. The van der Waals surface area contributed by atoms with Gasteiger partial charge in [0.1, 0.15) is 5.82 Å². The molecule has 2 N–H and O–H groups in total. The van der Waals surface area contributed by atoms with Gasteiger partial charge >= 0.3 is 5.97 Å². The van der Waals surface area contributed by atoms with Crippen LogP contribution in [-0.2, 0) is 22.7 Å². The first kappa shape index (κ1) is 21.6. The number of hydrogen-bond acceptors (Lipinski definition) is 4. The van der Waals surface area contributed by atoms with Crippen molar-refractivity contribution < 1.29 is 19.0 Å². The molecule has 25 heavy (non-hydrogen) atoms. The van der Waals surface area contributed by atoms with Crippen LogP contribution >= 0.6 is 24.0 Å². The summed E-state index contributed by atoms with van der Waals surface area (Å²) in [6, 6.07) is 4.67. The standard InChI is InChI=1S/C17H24FN3O3.HI/c1-19-17(21-7-5-13(6-8-21)16(23)24-2)20-10-12-3-4-15(18)14(9-12)11-22;/h3-4,9,13,22H,5-8,10-11H2,1-2H3,(H,19,20);1H. The zero-order valence-corrected chi connectivity index (χ0v) is 16.8. The van der Waals surface area contributed by atoms with Crippen LogP contribution in [0.5, 0.6) is 0 Å². The van der Waals surface area contributed by atoms with Crippen LogP contribution in [0.2, 0.25) is 0 Å². The van der Waals surface area contributed by atoms with Gasteiger partial charge in [-0.2, -0.15) is 0 Å². The minimum absolute atomic E-state index is 0. The molecule has 0 saturated carbocycles. The minimum Gasteiger partial charge on any atom is -0.469 e. The van der Waals surface area contributed by atoms with Crippen molar-refractivity contribution in [3.63, 3.8) is 0 Å². The normalized spacial score (nSPS) is 15.5. The molecule has 8 heteroatoms. The molecule has 1 aromatic carbocycles. The maximum absolute atomic E-state index is 13.4. The Labute approximate surface area is 164 Å². The molecule has 140 valence electrons. The summed E-state index contributed by atoms with van der Waals surface area (Å²) in [5, 5.41) is 12.4. The molecule has 0 spiro atoms. The van der Waals surface area contributed by atoms with Crippen LogP contribution in [-0.4, -0.2) is 49.2 Å². The average Bonchev–Trinajstić information content (AvgIpc) is 2.63. The Morgan fingerprint density at radius 3 is 2.68 bits per heavy atom. The third-order valence-corrected chi connectivity index (χ3v) is 4.27. The number of rotatable bonds is 4. The highest BCUT2D eigenvalue weighted by atomic mass is 127. The molecule has 0 radical (unpaired) electrons. The Kier molecular flexibility index (Phi) is 9.12. The molecule has 0 unspecified atom stereocenters. The van der Waals surface area contributed by atoms with Gasteiger partial charge < -0.3 is 20.1 Å². The highest BCUT2D eigenvalue weighted by Crippen LogP contribution is 2.18. The number of halogens is 2. The lowest BCUT2D eigenvalue weighted by atomic mass is 9.97. The van der Waals surface area contributed by atoms with E-state index in [4.69, 9.17) is 9.84 Å². The zero-order valence-electron chi connectivity index (χ0n) is 14.5. The van der Waals surface area contributed by atoms with Crippen LogP contribution in [0.3, 0.4) is 0 Å². The lowest BCUT2D eigenvalue weighted by Crippen LogP contribution is -2.46. The van der Waals surface area contributed by atoms with Gasteiger partial charge in [0.25, 0.3) is 0 Å². The van der Waals surface area contributed by atoms with E-state index in [-0.39, 0.29) is 48.0 Å². The van der Waals surface area contributed by atoms with Crippen molar-refractivity contribution in [1.29, 1.82) is 0 Å². The molecule has 6 nitrogen and oxygen atoms in total. The number of aliphatic hydroxyl groups is 1. The third kappa shape index (κ3) is 5.81. The van der Waals surface area contributed by atoms with Crippen LogP contribution in [0.4, 0.5) is 4.39 Å². The molecule has 0 atom stereocenters. The van der Waals surface area contributed by atoms with Crippen LogP contribution in [0.25, 0.3) is 0 Å². The number of nitrogens with zero attached hydrogens (tertiary/aromatic N) is 2. The van der Waals surface area contributed by atoms with Crippen LogP contribution in [0.15, 0.2) is 23.2 Å². The van der Waals surface area contributed by atoms with Crippen molar-refractivity contribution in [3.05, 3.63) is 35.1 Å². The molecule has 1 aliphatic heterocycles. The van der Waals surface area contributed by atoms with E-state index in [1.165, 1.54) is 13.2 Å². The summed E-state index contributed by atoms with van der Waals surface area (Å²) in [6.45, 7) is 1.61. The van der Waals surface area contributed by atoms with Crippen LogP contribution in [0, 0.1) is 11.7 Å². The molecule has 1 fully saturated rings. The SMILES string of the molecule is CN=C(NCc1ccc(F)c(CO)c1)N1CCC(C(=O)OC)CC1.I. The number of carbonyl (C=O) groups excluding carboxylic acids is 1. The molecule has 1 saturated heterocycles. The first-order valence-electron chi connectivity index (χ1n) is 8.00. The Bertz CT molecular complexity index is 605. The number of carbonyl (C=O) groups is 1. The number of aliphatic imine (C=N–C) groups is 1. The van der Waals surface area contributed by atoms with Crippen molar-refractivity contribution in [2.75, 3.05) is 27.2 Å². The number of aliphatic hydroxyl groups excluding tert-OH is 1. The van der Waals surface area contributed by atoms with Gasteiger partial charge in [0.05, 0.1) is 19.6 Å². The zero-order chi connectivity index (χ0) is 17.5. The molecule has 1 aliphatic rings. The quantitative estimate of drug-likeness (QED) is 0.308. The maximum Gasteiger partial charge on any atom is 0.308 e. The minimum atomic E-state index is -0.407. The molecular weight excluding hydrogens is 440 g/mol. The summed E-state index contributed by atoms with van der Waals surface area (Å²) in [6.07, 6.45) is 1.47. The number of likely N-dealkylation sites (tertiary alicyclic amines) is 1. The summed E-state index contributed by atoms with van der Waals surface area (Å²) in [7, 11) is 3.12. The summed E-state index contributed by atoms with van der Waals surface area (Å²) >= 11 is 0. The van der Waals surface area contributed by atoms with E-state index in [1.54, 1.807) is 19.2 Å². The van der Waals surface area contributed by atoms with E-state index in [1.807, 2.05) is 0 Å².